The summed E-state index contributed by atoms with van der Waals surface area (Å²) in [7, 11) is 0. The van der Waals surface area contributed by atoms with Crippen molar-refractivity contribution in [3.8, 4) is 23.1 Å². The minimum absolute atomic E-state index is 0.294. The first kappa shape index (κ1) is 27.0. The van der Waals surface area contributed by atoms with E-state index in [-0.39, 0.29) is 5.56 Å². The summed E-state index contributed by atoms with van der Waals surface area (Å²) in [6.45, 7) is 2.65. The van der Waals surface area contributed by atoms with E-state index in [1.54, 1.807) is 24.4 Å². The molecule has 9 heteroatoms. The van der Waals surface area contributed by atoms with Crippen LogP contribution in [0.2, 0.25) is 5.02 Å². The topological polar surface area (TPSA) is 78.9 Å². The van der Waals surface area contributed by atoms with Gasteiger partial charge in [-0.05, 0) is 77.5 Å². The molecule has 0 atom stereocenters. The molecule has 6 aromatic rings. The highest BCUT2D eigenvalue weighted by Crippen LogP contribution is 2.35. The number of ether oxygens (including phenoxy) is 2. The van der Waals surface area contributed by atoms with Crippen LogP contribution in [0.25, 0.3) is 33.5 Å². The molecule has 0 aliphatic heterocycles. The molecular formula is C32H23ClIN3O4. The lowest BCUT2D eigenvalue weighted by Crippen LogP contribution is -2.20. The zero-order chi connectivity index (χ0) is 28.3. The molecule has 0 unspecified atom stereocenters. The quantitative estimate of drug-likeness (QED) is 0.121. The fourth-order valence-corrected chi connectivity index (χ4v) is 5.41. The number of halogens is 2. The van der Waals surface area contributed by atoms with Crippen LogP contribution in [0.3, 0.4) is 0 Å². The molecule has 41 heavy (non-hydrogen) atoms. The summed E-state index contributed by atoms with van der Waals surface area (Å²) in [4.78, 5) is 18.4. The van der Waals surface area contributed by atoms with Crippen LogP contribution >= 0.6 is 34.2 Å². The van der Waals surface area contributed by atoms with Crippen LogP contribution in [0.4, 0.5) is 0 Å². The van der Waals surface area contributed by atoms with Gasteiger partial charge in [0.25, 0.3) is 5.56 Å². The van der Waals surface area contributed by atoms with E-state index in [1.807, 2.05) is 79.7 Å². The third-order valence-corrected chi connectivity index (χ3v) is 7.55. The molecule has 7 nitrogen and oxygen atoms in total. The fourth-order valence-electron chi connectivity index (χ4n) is 4.44. The molecule has 0 fully saturated rings. The van der Waals surface area contributed by atoms with Gasteiger partial charge in [0.2, 0.25) is 5.82 Å². The van der Waals surface area contributed by atoms with E-state index in [9.17, 15) is 4.79 Å². The minimum Gasteiger partial charge on any atom is -0.490 e. The summed E-state index contributed by atoms with van der Waals surface area (Å²) >= 11 is 8.52. The van der Waals surface area contributed by atoms with Crippen LogP contribution in [0, 0.1) is 3.57 Å². The van der Waals surface area contributed by atoms with Crippen molar-refractivity contribution in [2.24, 2.45) is 5.10 Å². The zero-order valence-corrected chi connectivity index (χ0v) is 24.8. The van der Waals surface area contributed by atoms with E-state index in [0.29, 0.717) is 57.8 Å². The van der Waals surface area contributed by atoms with Crippen LogP contribution in [0.15, 0.2) is 105 Å². The van der Waals surface area contributed by atoms with Crippen molar-refractivity contribution in [2.75, 3.05) is 6.61 Å². The van der Waals surface area contributed by atoms with Crippen molar-refractivity contribution in [1.82, 2.24) is 9.66 Å². The molecule has 4 aromatic carbocycles. The lowest BCUT2D eigenvalue weighted by atomic mass is 10.2. The van der Waals surface area contributed by atoms with Crippen molar-refractivity contribution in [3.63, 3.8) is 0 Å². The van der Waals surface area contributed by atoms with Crippen molar-refractivity contribution in [2.45, 2.75) is 13.5 Å². The lowest BCUT2D eigenvalue weighted by molar-refractivity contribution is 0.267. The van der Waals surface area contributed by atoms with Gasteiger partial charge in [-0.25, -0.2) is 4.98 Å². The Balaban J connectivity index is 1.40. The first-order valence-corrected chi connectivity index (χ1v) is 14.3. The van der Waals surface area contributed by atoms with E-state index in [0.717, 1.165) is 20.1 Å². The Hall–Kier alpha value is -4.15. The summed E-state index contributed by atoms with van der Waals surface area (Å²) in [5.41, 5.74) is 2.55. The normalized spacial score (nSPS) is 11.5. The van der Waals surface area contributed by atoms with Gasteiger partial charge in [0.1, 0.15) is 12.2 Å². The molecule has 2 heterocycles. The summed E-state index contributed by atoms with van der Waals surface area (Å²) in [6.07, 6.45) is 1.60. The van der Waals surface area contributed by atoms with Gasteiger partial charge in [0.05, 0.1) is 27.3 Å². The van der Waals surface area contributed by atoms with E-state index in [2.05, 4.69) is 27.7 Å². The average Bonchev–Trinajstić information content (AvgIpc) is 3.41. The Morgan fingerprint density at radius 3 is 2.61 bits per heavy atom. The van der Waals surface area contributed by atoms with Crippen LogP contribution in [0.5, 0.6) is 11.5 Å². The molecule has 0 bridgehead atoms. The van der Waals surface area contributed by atoms with Gasteiger partial charge in [-0.1, -0.05) is 60.1 Å². The second kappa shape index (κ2) is 11.8. The van der Waals surface area contributed by atoms with Crippen molar-refractivity contribution in [1.29, 1.82) is 0 Å². The Kier molecular flexibility index (Phi) is 7.76. The monoisotopic (exact) mass is 675 g/mol. The van der Waals surface area contributed by atoms with Gasteiger partial charge in [0.15, 0.2) is 17.3 Å². The number of nitrogens with zero attached hydrogens (tertiary/aromatic N) is 3. The molecule has 204 valence electrons. The minimum atomic E-state index is -0.304. The summed E-state index contributed by atoms with van der Waals surface area (Å²) in [5.74, 6) is 1.92. The second-order valence-corrected chi connectivity index (χ2v) is 10.7. The maximum Gasteiger partial charge on any atom is 0.282 e. The van der Waals surface area contributed by atoms with Gasteiger partial charge < -0.3 is 13.9 Å². The smallest absolute Gasteiger partial charge is 0.282 e. The SMILES string of the molecule is CCOc1cc(C=Nn2c(-c3cc4ccccc4o3)nc3ccccc3c2=O)cc(I)c1OCc1ccccc1Cl. The molecule has 0 aliphatic rings. The predicted molar refractivity (Wildman–Crippen MR) is 170 cm³/mol. The Morgan fingerprint density at radius 2 is 1.78 bits per heavy atom. The van der Waals surface area contributed by atoms with E-state index >= 15 is 0 Å². The number of fused-ring (bicyclic) bond motifs is 2. The molecule has 0 amide bonds. The molecule has 2 aromatic heterocycles. The number of aromatic nitrogens is 2. The predicted octanol–water partition coefficient (Wildman–Crippen LogP) is 7.93. The third-order valence-electron chi connectivity index (χ3n) is 6.38. The van der Waals surface area contributed by atoms with Gasteiger partial charge >= 0.3 is 0 Å². The number of furan rings is 1. The van der Waals surface area contributed by atoms with Crippen LogP contribution < -0.4 is 15.0 Å². The molecule has 0 radical (unpaired) electrons. The number of rotatable bonds is 8. The van der Waals surface area contributed by atoms with Crippen molar-refractivity contribution >= 4 is 62.3 Å². The first-order valence-electron chi connectivity index (χ1n) is 12.9. The Morgan fingerprint density at radius 1 is 1.00 bits per heavy atom. The van der Waals surface area contributed by atoms with Crippen LogP contribution in [-0.4, -0.2) is 22.5 Å². The molecule has 0 N–H and O–H groups in total. The summed E-state index contributed by atoms with van der Waals surface area (Å²) in [5, 5.41) is 6.59. The van der Waals surface area contributed by atoms with E-state index < -0.39 is 0 Å². The zero-order valence-electron chi connectivity index (χ0n) is 21.9. The molecular weight excluding hydrogens is 653 g/mol. The molecule has 0 spiro atoms. The van der Waals surface area contributed by atoms with Crippen molar-refractivity contribution in [3.05, 3.63) is 121 Å². The lowest BCUT2D eigenvalue weighted by Gasteiger charge is -2.15. The summed E-state index contributed by atoms with van der Waals surface area (Å²) in [6, 6.07) is 28.0. The molecule has 0 saturated heterocycles. The molecule has 0 aliphatic carbocycles. The molecule has 0 saturated carbocycles. The number of hydrogen-bond acceptors (Lipinski definition) is 6. The highest BCUT2D eigenvalue weighted by Gasteiger charge is 2.17. The van der Waals surface area contributed by atoms with Gasteiger partial charge in [-0.15, -0.1) is 0 Å². The number of hydrogen-bond donors (Lipinski definition) is 0. The first-order chi connectivity index (χ1) is 20.0. The maximum atomic E-state index is 13.6. The number of para-hydroxylation sites is 2. The standard InChI is InChI=1S/C32H23ClIN3O4/c1-2-39-28-16-20(15-25(34)30(28)40-19-22-10-3-6-12-24(22)33)18-35-37-31(29-17-21-9-4-8-14-27(21)41-29)36-26-13-7-5-11-23(26)32(37)38/h3-18H,2,19H2,1H3. The largest absolute Gasteiger partial charge is 0.490 e. The van der Waals surface area contributed by atoms with E-state index in [4.69, 9.17) is 30.5 Å². The Labute approximate surface area is 254 Å². The maximum absolute atomic E-state index is 13.6. The van der Waals surface area contributed by atoms with E-state index in [1.165, 1.54) is 4.68 Å². The van der Waals surface area contributed by atoms with Gasteiger partial charge in [-0.3, -0.25) is 4.79 Å². The summed E-state index contributed by atoms with van der Waals surface area (Å²) < 4.78 is 20.2. The van der Waals surface area contributed by atoms with Gasteiger partial charge in [-0.2, -0.15) is 9.78 Å². The highest BCUT2D eigenvalue weighted by atomic mass is 127. The van der Waals surface area contributed by atoms with Crippen LogP contribution in [0.1, 0.15) is 18.1 Å². The second-order valence-electron chi connectivity index (χ2n) is 9.11. The third kappa shape index (κ3) is 5.57. The number of benzene rings is 4. The molecule has 6 rings (SSSR count). The van der Waals surface area contributed by atoms with Crippen molar-refractivity contribution < 1.29 is 13.9 Å². The van der Waals surface area contributed by atoms with Gasteiger partial charge in [0, 0.05) is 16.0 Å². The highest BCUT2D eigenvalue weighted by molar-refractivity contribution is 14.1. The van der Waals surface area contributed by atoms with Crippen LogP contribution in [-0.2, 0) is 6.61 Å². The Bertz CT molecular complexity index is 1950. The fraction of sp³-hybridized carbons (Fsp3) is 0.0938. The average molecular weight is 676 g/mol.